The van der Waals surface area contributed by atoms with Gasteiger partial charge in [0.1, 0.15) is 16.7 Å². The average molecular weight is 448 g/mol. The Morgan fingerprint density at radius 3 is 2.39 bits per heavy atom. The maximum absolute atomic E-state index is 14.3. The number of nitrogens with zero attached hydrogens (tertiary/aromatic N) is 1. The molecule has 0 saturated heterocycles. The van der Waals surface area contributed by atoms with Crippen LogP contribution in [0.25, 0.3) is 0 Å². The predicted molar refractivity (Wildman–Crippen MR) is 116 cm³/mol. The fraction of sp³-hybridized carbons (Fsp3) is 0.391. The molecule has 0 aliphatic carbocycles. The lowest BCUT2D eigenvalue weighted by Gasteiger charge is -2.38. The second-order valence-electron chi connectivity index (χ2n) is 8.20. The van der Waals surface area contributed by atoms with Crippen LogP contribution in [0.1, 0.15) is 66.3 Å². The van der Waals surface area contributed by atoms with E-state index in [9.17, 15) is 22.7 Å². The quantitative estimate of drug-likeness (QED) is 0.643. The van der Waals surface area contributed by atoms with E-state index >= 15 is 0 Å². The summed E-state index contributed by atoms with van der Waals surface area (Å²) >= 11 is 0. The van der Waals surface area contributed by atoms with Crippen molar-refractivity contribution >= 4 is 21.7 Å². The molecule has 0 aromatic heterocycles. The van der Waals surface area contributed by atoms with Crippen LogP contribution in [0.4, 0.5) is 4.39 Å². The maximum atomic E-state index is 14.3. The molecule has 31 heavy (non-hydrogen) atoms. The van der Waals surface area contributed by atoms with E-state index in [0.29, 0.717) is 16.7 Å². The number of carbonyl (C=O) groups is 1. The van der Waals surface area contributed by atoms with E-state index in [2.05, 4.69) is 4.40 Å². The van der Waals surface area contributed by atoms with E-state index in [1.54, 1.807) is 56.3 Å². The van der Waals surface area contributed by atoms with Crippen molar-refractivity contribution in [2.45, 2.75) is 50.4 Å². The minimum absolute atomic E-state index is 0.0108. The Kier molecular flexibility index (Phi) is 6.62. The van der Waals surface area contributed by atoms with Crippen LogP contribution in [0.15, 0.2) is 52.9 Å². The molecule has 166 valence electrons. The highest BCUT2D eigenvalue weighted by molar-refractivity contribution is 7.90. The summed E-state index contributed by atoms with van der Waals surface area (Å²) < 4.78 is 50.4. The van der Waals surface area contributed by atoms with Crippen molar-refractivity contribution in [2.75, 3.05) is 6.61 Å². The SMILES string of the molecule is CC(=O)c1ccc(C2C(C)(C)OC(C[C@@H](CCO)c3ccccc3F)=NS2(=O)=O)cc1. The molecule has 0 bridgehead atoms. The third-order valence-corrected chi connectivity index (χ3v) is 7.30. The van der Waals surface area contributed by atoms with Gasteiger partial charge in [-0.25, -0.2) is 12.8 Å². The molecule has 0 radical (unpaired) electrons. The van der Waals surface area contributed by atoms with Gasteiger partial charge in [-0.3, -0.25) is 4.79 Å². The fourth-order valence-electron chi connectivity index (χ4n) is 4.01. The maximum Gasteiger partial charge on any atom is 0.267 e. The summed E-state index contributed by atoms with van der Waals surface area (Å²) in [7, 11) is -4.00. The van der Waals surface area contributed by atoms with Crippen LogP contribution in [-0.4, -0.2) is 37.4 Å². The third-order valence-electron chi connectivity index (χ3n) is 5.40. The van der Waals surface area contributed by atoms with Gasteiger partial charge < -0.3 is 9.84 Å². The smallest absolute Gasteiger partial charge is 0.267 e. The zero-order valence-corrected chi connectivity index (χ0v) is 18.5. The van der Waals surface area contributed by atoms with Gasteiger partial charge in [-0.05, 0) is 50.3 Å². The molecule has 2 aromatic rings. The summed E-state index contributed by atoms with van der Waals surface area (Å²) in [6, 6.07) is 12.5. The Bertz CT molecular complexity index is 1090. The second-order valence-corrected chi connectivity index (χ2v) is 9.88. The Hall–Kier alpha value is -2.58. The number of rotatable bonds is 7. The summed E-state index contributed by atoms with van der Waals surface area (Å²) in [5.74, 6) is -1.04. The van der Waals surface area contributed by atoms with Gasteiger partial charge in [0.2, 0.25) is 5.90 Å². The summed E-state index contributed by atoms with van der Waals surface area (Å²) in [6.45, 7) is 4.57. The fourth-order valence-corrected chi connectivity index (χ4v) is 5.78. The van der Waals surface area contributed by atoms with Crippen LogP contribution in [-0.2, 0) is 14.8 Å². The number of aliphatic hydroxyl groups excluding tert-OH is 1. The Labute approximate surface area is 181 Å². The van der Waals surface area contributed by atoms with Crippen LogP contribution in [0, 0.1) is 5.82 Å². The zero-order chi connectivity index (χ0) is 22.8. The van der Waals surface area contributed by atoms with Gasteiger partial charge in [-0.2, -0.15) is 0 Å². The molecule has 0 fully saturated rings. The number of hydrogen-bond acceptors (Lipinski definition) is 5. The first-order chi connectivity index (χ1) is 14.5. The Balaban J connectivity index is 1.94. The highest BCUT2D eigenvalue weighted by Gasteiger charge is 2.47. The lowest BCUT2D eigenvalue weighted by atomic mass is 9.91. The van der Waals surface area contributed by atoms with Gasteiger partial charge in [0, 0.05) is 18.6 Å². The van der Waals surface area contributed by atoms with E-state index in [0.717, 1.165) is 0 Å². The molecule has 6 nitrogen and oxygen atoms in total. The number of halogens is 1. The number of sulfonamides is 1. The number of ether oxygens (including phenoxy) is 1. The lowest BCUT2D eigenvalue weighted by Crippen LogP contribution is -2.43. The molecule has 2 aromatic carbocycles. The van der Waals surface area contributed by atoms with Gasteiger partial charge in [0.15, 0.2) is 5.78 Å². The van der Waals surface area contributed by atoms with Gasteiger partial charge in [-0.15, -0.1) is 4.40 Å². The molecule has 3 rings (SSSR count). The number of carbonyl (C=O) groups excluding carboxylic acids is 1. The van der Waals surface area contributed by atoms with Crippen molar-refractivity contribution in [2.24, 2.45) is 4.40 Å². The Morgan fingerprint density at radius 1 is 1.19 bits per heavy atom. The molecule has 0 spiro atoms. The lowest BCUT2D eigenvalue weighted by molar-refractivity contribution is 0.0797. The third kappa shape index (κ3) is 5.02. The molecule has 8 heteroatoms. The number of benzene rings is 2. The van der Waals surface area contributed by atoms with Crippen molar-refractivity contribution in [3.8, 4) is 0 Å². The van der Waals surface area contributed by atoms with Gasteiger partial charge in [0.05, 0.1) is 0 Å². The van der Waals surface area contributed by atoms with Crippen LogP contribution >= 0.6 is 0 Å². The minimum atomic E-state index is -4.00. The van der Waals surface area contributed by atoms with Crippen LogP contribution in [0.2, 0.25) is 0 Å². The standard InChI is InChI=1S/C23H26FNO5S/c1-15(27)16-8-10-17(11-9-16)22-23(2,3)30-21(25-31(22,28)29)14-18(12-13-26)19-6-4-5-7-20(19)24/h4-11,18,22,26H,12-14H2,1-3H3/t18-,22?/m1/s1. The normalized spacial score (nSPS) is 20.4. The summed E-state index contributed by atoms with van der Waals surface area (Å²) in [5, 5.41) is 8.37. The number of hydrogen-bond donors (Lipinski definition) is 1. The van der Waals surface area contributed by atoms with E-state index in [-0.39, 0.29) is 31.1 Å². The summed E-state index contributed by atoms with van der Waals surface area (Å²) in [5.41, 5.74) is 0.183. The topological polar surface area (TPSA) is 93.0 Å². The molecule has 2 atom stereocenters. The number of Topliss-reactive ketones (excluding diaryl/α,β-unsaturated/α-hetero) is 1. The minimum Gasteiger partial charge on any atom is -0.472 e. The first-order valence-electron chi connectivity index (χ1n) is 10.0. The first kappa shape index (κ1) is 23.1. The van der Waals surface area contributed by atoms with Crippen LogP contribution in [0.5, 0.6) is 0 Å². The summed E-state index contributed by atoms with van der Waals surface area (Å²) in [6.07, 6.45) is 0.278. The van der Waals surface area contributed by atoms with Gasteiger partial charge in [-0.1, -0.05) is 42.5 Å². The highest BCUT2D eigenvalue weighted by atomic mass is 32.2. The molecule has 0 amide bonds. The molecule has 1 aliphatic rings. The van der Waals surface area contributed by atoms with E-state index < -0.39 is 32.6 Å². The van der Waals surface area contributed by atoms with E-state index in [1.165, 1.54) is 13.0 Å². The predicted octanol–water partition coefficient (Wildman–Crippen LogP) is 4.16. The van der Waals surface area contributed by atoms with Gasteiger partial charge >= 0.3 is 0 Å². The van der Waals surface area contributed by atoms with Crippen molar-refractivity contribution in [1.82, 2.24) is 0 Å². The van der Waals surface area contributed by atoms with E-state index in [4.69, 9.17) is 4.74 Å². The summed E-state index contributed by atoms with van der Waals surface area (Å²) in [4.78, 5) is 11.5. The number of ketones is 1. The van der Waals surface area contributed by atoms with E-state index in [1.807, 2.05) is 0 Å². The first-order valence-corrected chi connectivity index (χ1v) is 11.5. The van der Waals surface area contributed by atoms with Crippen LogP contribution < -0.4 is 0 Å². The second kappa shape index (κ2) is 8.88. The van der Waals surface area contributed by atoms with Crippen molar-refractivity contribution in [1.29, 1.82) is 0 Å². The molecule has 1 heterocycles. The zero-order valence-electron chi connectivity index (χ0n) is 17.7. The van der Waals surface area contributed by atoms with Crippen molar-refractivity contribution in [3.63, 3.8) is 0 Å². The monoisotopic (exact) mass is 447 g/mol. The Morgan fingerprint density at radius 2 is 1.84 bits per heavy atom. The molecular formula is C23H26FNO5S. The van der Waals surface area contributed by atoms with Gasteiger partial charge in [0.25, 0.3) is 10.0 Å². The highest BCUT2D eigenvalue weighted by Crippen LogP contribution is 2.42. The molecule has 1 N–H and O–H groups in total. The van der Waals surface area contributed by atoms with Crippen molar-refractivity contribution < 1.29 is 27.4 Å². The molecule has 0 saturated carbocycles. The molecule has 1 unspecified atom stereocenters. The largest absolute Gasteiger partial charge is 0.472 e. The van der Waals surface area contributed by atoms with Crippen LogP contribution in [0.3, 0.4) is 0 Å². The molecule has 1 aliphatic heterocycles. The van der Waals surface area contributed by atoms with Crippen molar-refractivity contribution in [3.05, 3.63) is 71.0 Å². The number of aliphatic hydroxyl groups is 1. The average Bonchev–Trinajstić information content (AvgIpc) is 2.66. The molecular weight excluding hydrogens is 421 g/mol.